The lowest BCUT2D eigenvalue weighted by molar-refractivity contribution is 0.414. The van der Waals surface area contributed by atoms with E-state index in [-0.39, 0.29) is 17.3 Å². The smallest absolute Gasteiger partial charge is 0.240 e. The van der Waals surface area contributed by atoms with E-state index in [1.54, 1.807) is 31.2 Å². The molecule has 2 aromatic rings. The molecular formula is C15H16FNO3S. The summed E-state index contributed by atoms with van der Waals surface area (Å²) in [6, 6.07) is 10.7. The van der Waals surface area contributed by atoms with Gasteiger partial charge in [-0.05, 0) is 48.4 Å². The second-order valence-electron chi connectivity index (χ2n) is 4.58. The number of halogens is 1. The molecule has 0 spiro atoms. The molecule has 0 heterocycles. The summed E-state index contributed by atoms with van der Waals surface area (Å²) >= 11 is 0. The highest BCUT2D eigenvalue weighted by Crippen LogP contribution is 2.16. The molecule has 0 amide bonds. The first kappa shape index (κ1) is 15.5. The van der Waals surface area contributed by atoms with E-state index < -0.39 is 10.0 Å². The molecule has 2 rings (SSSR count). The molecule has 112 valence electrons. The van der Waals surface area contributed by atoms with Gasteiger partial charge in [0.2, 0.25) is 10.0 Å². The second kappa shape index (κ2) is 6.24. The van der Waals surface area contributed by atoms with E-state index in [2.05, 4.69) is 4.72 Å². The summed E-state index contributed by atoms with van der Waals surface area (Å²) in [6.07, 6.45) is 0. The number of nitrogens with one attached hydrogen (secondary N) is 1. The Kier molecular flexibility index (Phi) is 4.59. The second-order valence-corrected chi connectivity index (χ2v) is 6.35. The van der Waals surface area contributed by atoms with Crippen LogP contribution in [0.4, 0.5) is 4.39 Å². The number of sulfonamides is 1. The lowest BCUT2D eigenvalue weighted by Gasteiger charge is -2.08. The zero-order valence-electron chi connectivity index (χ0n) is 11.8. The molecule has 0 aliphatic rings. The molecule has 0 aliphatic heterocycles. The third kappa shape index (κ3) is 3.80. The summed E-state index contributed by atoms with van der Waals surface area (Å²) in [5, 5.41) is 0. The Balaban J connectivity index is 2.11. The van der Waals surface area contributed by atoms with Crippen LogP contribution in [0.5, 0.6) is 5.75 Å². The summed E-state index contributed by atoms with van der Waals surface area (Å²) in [7, 11) is -2.13. The minimum Gasteiger partial charge on any atom is -0.497 e. The first-order valence-electron chi connectivity index (χ1n) is 6.31. The molecule has 0 radical (unpaired) electrons. The van der Waals surface area contributed by atoms with Gasteiger partial charge >= 0.3 is 0 Å². The SMILES string of the molecule is COc1ccc(S(=O)(=O)NCc2ccc(C)c(F)c2)cc1. The molecule has 4 nitrogen and oxygen atoms in total. The van der Waals surface area contributed by atoms with Crippen LogP contribution in [0.1, 0.15) is 11.1 Å². The summed E-state index contributed by atoms with van der Waals surface area (Å²) in [5.41, 5.74) is 1.09. The fourth-order valence-electron chi connectivity index (χ4n) is 1.76. The highest BCUT2D eigenvalue weighted by atomic mass is 32.2. The van der Waals surface area contributed by atoms with Gasteiger partial charge in [0.15, 0.2) is 0 Å². The Hall–Kier alpha value is -1.92. The predicted molar refractivity (Wildman–Crippen MR) is 78.2 cm³/mol. The highest BCUT2D eigenvalue weighted by molar-refractivity contribution is 7.89. The lowest BCUT2D eigenvalue weighted by atomic mass is 10.1. The maximum Gasteiger partial charge on any atom is 0.240 e. The van der Waals surface area contributed by atoms with E-state index in [4.69, 9.17) is 4.74 Å². The van der Waals surface area contributed by atoms with Gasteiger partial charge in [0.1, 0.15) is 11.6 Å². The topological polar surface area (TPSA) is 55.4 Å². The molecule has 0 fully saturated rings. The van der Waals surface area contributed by atoms with Crippen LogP contribution in [0.2, 0.25) is 0 Å². The summed E-state index contributed by atoms with van der Waals surface area (Å²) in [6.45, 7) is 1.69. The van der Waals surface area contributed by atoms with Crippen molar-refractivity contribution in [1.29, 1.82) is 0 Å². The van der Waals surface area contributed by atoms with Crippen molar-refractivity contribution in [2.45, 2.75) is 18.4 Å². The minimum absolute atomic E-state index is 0.0333. The predicted octanol–water partition coefficient (Wildman–Crippen LogP) is 2.62. The quantitative estimate of drug-likeness (QED) is 0.923. The van der Waals surface area contributed by atoms with Crippen molar-refractivity contribution in [3.8, 4) is 5.75 Å². The van der Waals surface area contributed by atoms with E-state index >= 15 is 0 Å². The lowest BCUT2D eigenvalue weighted by Crippen LogP contribution is -2.23. The first-order chi connectivity index (χ1) is 9.92. The number of ether oxygens (including phenoxy) is 1. The van der Waals surface area contributed by atoms with E-state index in [0.29, 0.717) is 16.9 Å². The molecule has 6 heteroatoms. The summed E-state index contributed by atoms with van der Waals surface area (Å²) < 4.78 is 45.1. The molecule has 21 heavy (non-hydrogen) atoms. The van der Waals surface area contributed by atoms with Gasteiger partial charge in [0, 0.05) is 6.54 Å². The van der Waals surface area contributed by atoms with Crippen molar-refractivity contribution < 1.29 is 17.5 Å². The molecule has 1 N–H and O–H groups in total. The Bertz CT molecular complexity index is 727. The number of benzene rings is 2. The van der Waals surface area contributed by atoms with E-state index in [1.165, 1.54) is 25.3 Å². The summed E-state index contributed by atoms with van der Waals surface area (Å²) in [4.78, 5) is 0.135. The Morgan fingerprint density at radius 3 is 2.38 bits per heavy atom. The third-order valence-electron chi connectivity index (χ3n) is 3.07. The van der Waals surface area contributed by atoms with Crippen LogP contribution in [0.3, 0.4) is 0 Å². The number of aryl methyl sites for hydroxylation is 1. The van der Waals surface area contributed by atoms with Crippen molar-refractivity contribution in [2.24, 2.45) is 0 Å². The van der Waals surface area contributed by atoms with Crippen LogP contribution in [0, 0.1) is 12.7 Å². The van der Waals surface area contributed by atoms with E-state index in [0.717, 1.165) is 0 Å². The molecule has 0 unspecified atom stereocenters. The highest BCUT2D eigenvalue weighted by Gasteiger charge is 2.13. The van der Waals surface area contributed by atoms with Gasteiger partial charge in [0.05, 0.1) is 12.0 Å². The standard InChI is InChI=1S/C15H16FNO3S/c1-11-3-4-12(9-15(11)16)10-17-21(18,19)14-7-5-13(20-2)6-8-14/h3-9,17H,10H2,1-2H3. The molecule has 2 aromatic carbocycles. The van der Waals surface area contributed by atoms with E-state index in [1.807, 2.05) is 0 Å². The summed E-state index contributed by atoms with van der Waals surface area (Å²) in [5.74, 6) is 0.228. The fourth-order valence-corrected chi connectivity index (χ4v) is 2.78. The van der Waals surface area contributed by atoms with Crippen LogP contribution >= 0.6 is 0 Å². The van der Waals surface area contributed by atoms with Gasteiger partial charge in [-0.3, -0.25) is 0 Å². The minimum atomic E-state index is -3.63. The van der Waals surface area contributed by atoms with Crippen LogP contribution in [-0.4, -0.2) is 15.5 Å². The van der Waals surface area contributed by atoms with Crippen LogP contribution in [0.15, 0.2) is 47.4 Å². The van der Waals surface area contributed by atoms with Gasteiger partial charge in [-0.15, -0.1) is 0 Å². The number of hydrogen-bond donors (Lipinski definition) is 1. The third-order valence-corrected chi connectivity index (χ3v) is 4.49. The number of hydrogen-bond acceptors (Lipinski definition) is 3. The molecule has 0 saturated carbocycles. The van der Waals surface area contributed by atoms with Crippen molar-refractivity contribution >= 4 is 10.0 Å². The zero-order valence-corrected chi connectivity index (χ0v) is 12.6. The maximum atomic E-state index is 13.4. The van der Waals surface area contributed by atoms with Gasteiger partial charge in [0.25, 0.3) is 0 Å². The average Bonchev–Trinajstić information content (AvgIpc) is 2.48. The largest absolute Gasteiger partial charge is 0.497 e. The van der Waals surface area contributed by atoms with Gasteiger partial charge in [-0.2, -0.15) is 0 Å². The Morgan fingerprint density at radius 2 is 1.81 bits per heavy atom. The van der Waals surface area contributed by atoms with Crippen molar-refractivity contribution in [1.82, 2.24) is 4.72 Å². The number of methoxy groups -OCH3 is 1. The molecule has 0 atom stereocenters. The van der Waals surface area contributed by atoms with Crippen LogP contribution in [-0.2, 0) is 16.6 Å². The van der Waals surface area contributed by atoms with Crippen molar-refractivity contribution in [2.75, 3.05) is 7.11 Å². The average molecular weight is 309 g/mol. The van der Waals surface area contributed by atoms with Crippen LogP contribution in [0.25, 0.3) is 0 Å². The molecule has 0 saturated heterocycles. The van der Waals surface area contributed by atoms with Crippen molar-refractivity contribution in [3.63, 3.8) is 0 Å². The zero-order chi connectivity index (χ0) is 15.5. The van der Waals surface area contributed by atoms with Crippen LogP contribution < -0.4 is 9.46 Å². The number of rotatable bonds is 5. The molecule has 0 aromatic heterocycles. The molecule has 0 aliphatic carbocycles. The van der Waals surface area contributed by atoms with E-state index in [9.17, 15) is 12.8 Å². The van der Waals surface area contributed by atoms with Crippen molar-refractivity contribution in [3.05, 3.63) is 59.4 Å². The van der Waals surface area contributed by atoms with Gasteiger partial charge < -0.3 is 4.74 Å². The maximum absolute atomic E-state index is 13.4. The monoisotopic (exact) mass is 309 g/mol. The molecule has 0 bridgehead atoms. The molecular weight excluding hydrogens is 293 g/mol. The normalized spacial score (nSPS) is 11.4. The Labute approximate surface area is 123 Å². The van der Waals surface area contributed by atoms with Gasteiger partial charge in [-0.25, -0.2) is 17.5 Å². The first-order valence-corrected chi connectivity index (χ1v) is 7.79. The fraction of sp³-hybridized carbons (Fsp3) is 0.200. The Morgan fingerprint density at radius 1 is 1.14 bits per heavy atom. The van der Waals surface area contributed by atoms with Gasteiger partial charge in [-0.1, -0.05) is 12.1 Å².